The molecule has 0 amide bonds. The van der Waals surface area contributed by atoms with Crippen LogP contribution in [0.4, 0.5) is 0 Å². The predicted molar refractivity (Wildman–Crippen MR) is 68.3 cm³/mol. The molecule has 106 valence electrons. The summed E-state index contributed by atoms with van der Waals surface area (Å²) in [6, 6.07) is 0. The second-order valence-electron chi connectivity index (χ2n) is 5.08. The van der Waals surface area contributed by atoms with Gasteiger partial charge in [-0.2, -0.15) is 0 Å². The number of rotatable bonds is 7. The number of hydrogen-bond donors (Lipinski definition) is 2. The lowest BCUT2D eigenvalue weighted by Gasteiger charge is -2.16. The van der Waals surface area contributed by atoms with Crippen LogP contribution in [-0.4, -0.2) is 37.8 Å². The van der Waals surface area contributed by atoms with Crippen molar-refractivity contribution in [1.82, 2.24) is 25.5 Å². The van der Waals surface area contributed by atoms with Crippen LogP contribution in [0.25, 0.3) is 0 Å². The fourth-order valence-corrected chi connectivity index (χ4v) is 2.71. The van der Waals surface area contributed by atoms with Crippen LogP contribution in [0.2, 0.25) is 0 Å². The molecule has 0 spiro atoms. The van der Waals surface area contributed by atoms with E-state index in [2.05, 4.69) is 27.8 Å². The fourth-order valence-electron chi connectivity index (χ4n) is 2.71. The van der Waals surface area contributed by atoms with E-state index in [1.165, 1.54) is 0 Å². The molecule has 1 saturated carbocycles. The molecule has 0 bridgehead atoms. The van der Waals surface area contributed by atoms with Gasteiger partial charge < -0.3 is 10.4 Å². The number of nitrogens with one attached hydrogen (secondary N) is 1. The second-order valence-corrected chi connectivity index (χ2v) is 5.08. The summed E-state index contributed by atoms with van der Waals surface area (Å²) in [5.41, 5.74) is 0. The van der Waals surface area contributed by atoms with Crippen molar-refractivity contribution in [2.24, 2.45) is 11.8 Å². The van der Waals surface area contributed by atoms with Crippen LogP contribution in [0.15, 0.2) is 0 Å². The number of carboxylic acid groups (broad SMARTS) is 1. The molecule has 1 aromatic heterocycles. The minimum Gasteiger partial charge on any atom is -0.481 e. The molecule has 2 atom stereocenters. The summed E-state index contributed by atoms with van der Waals surface area (Å²) >= 11 is 0. The van der Waals surface area contributed by atoms with Gasteiger partial charge in [-0.15, -0.1) is 5.10 Å². The molecular weight excluding hydrogens is 246 g/mol. The highest BCUT2D eigenvalue weighted by Crippen LogP contribution is 2.31. The molecule has 1 heterocycles. The van der Waals surface area contributed by atoms with Crippen LogP contribution in [-0.2, 0) is 17.9 Å². The van der Waals surface area contributed by atoms with E-state index < -0.39 is 5.97 Å². The van der Waals surface area contributed by atoms with Crippen LogP contribution in [0.5, 0.6) is 0 Å². The number of nitrogens with zero attached hydrogens (tertiary/aromatic N) is 4. The van der Waals surface area contributed by atoms with Crippen molar-refractivity contribution >= 4 is 5.97 Å². The molecule has 1 aliphatic carbocycles. The predicted octanol–water partition coefficient (Wildman–Crippen LogP) is 0.674. The van der Waals surface area contributed by atoms with Gasteiger partial charge in [0, 0.05) is 6.54 Å². The smallest absolute Gasteiger partial charge is 0.306 e. The third kappa shape index (κ3) is 3.50. The SMILES string of the molecule is CCCn1nnnc1CNCC1CCCC1C(=O)O. The third-order valence-corrected chi connectivity index (χ3v) is 3.71. The Kier molecular flexibility index (Phi) is 4.84. The zero-order chi connectivity index (χ0) is 13.7. The Bertz CT molecular complexity index is 420. The number of aliphatic carboxylic acids is 1. The molecule has 1 aromatic rings. The van der Waals surface area contributed by atoms with Crippen LogP contribution >= 0.6 is 0 Å². The Morgan fingerprint density at radius 2 is 2.37 bits per heavy atom. The number of aryl methyl sites for hydroxylation is 1. The highest BCUT2D eigenvalue weighted by Gasteiger charge is 2.32. The van der Waals surface area contributed by atoms with Crippen molar-refractivity contribution in [3.8, 4) is 0 Å². The van der Waals surface area contributed by atoms with Crippen molar-refractivity contribution in [1.29, 1.82) is 0 Å². The molecule has 7 heteroatoms. The Hall–Kier alpha value is -1.50. The summed E-state index contributed by atoms with van der Waals surface area (Å²) in [6.07, 6.45) is 3.79. The zero-order valence-electron chi connectivity index (χ0n) is 11.2. The summed E-state index contributed by atoms with van der Waals surface area (Å²) in [5.74, 6) is 0.180. The lowest BCUT2D eigenvalue weighted by atomic mass is 9.96. The maximum atomic E-state index is 11.1. The largest absolute Gasteiger partial charge is 0.481 e. The molecular formula is C12H21N5O2. The highest BCUT2D eigenvalue weighted by atomic mass is 16.4. The van der Waals surface area contributed by atoms with Crippen LogP contribution in [0.1, 0.15) is 38.4 Å². The Balaban J connectivity index is 1.80. The third-order valence-electron chi connectivity index (χ3n) is 3.71. The lowest BCUT2D eigenvalue weighted by molar-refractivity contribution is -0.142. The molecule has 0 aliphatic heterocycles. The second kappa shape index (κ2) is 6.60. The molecule has 1 fully saturated rings. The molecule has 0 saturated heterocycles. The lowest BCUT2D eigenvalue weighted by Crippen LogP contribution is -2.29. The minimum atomic E-state index is -0.667. The van der Waals surface area contributed by atoms with E-state index in [4.69, 9.17) is 5.11 Å². The van der Waals surface area contributed by atoms with Crippen LogP contribution in [0.3, 0.4) is 0 Å². The molecule has 0 radical (unpaired) electrons. The average molecular weight is 267 g/mol. The van der Waals surface area contributed by atoms with E-state index in [0.717, 1.165) is 44.6 Å². The van der Waals surface area contributed by atoms with Crippen molar-refractivity contribution in [3.05, 3.63) is 5.82 Å². The number of carboxylic acids is 1. The molecule has 0 aromatic carbocycles. The summed E-state index contributed by atoms with van der Waals surface area (Å²) in [4.78, 5) is 11.1. The first-order valence-corrected chi connectivity index (χ1v) is 6.91. The van der Waals surface area contributed by atoms with Gasteiger partial charge in [-0.25, -0.2) is 4.68 Å². The van der Waals surface area contributed by atoms with Gasteiger partial charge in [0.15, 0.2) is 5.82 Å². The minimum absolute atomic E-state index is 0.195. The monoisotopic (exact) mass is 267 g/mol. The first-order valence-electron chi connectivity index (χ1n) is 6.91. The van der Waals surface area contributed by atoms with Crippen molar-refractivity contribution in [2.75, 3.05) is 6.54 Å². The van der Waals surface area contributed by atoms with Gasteiger partial charge in [-0.3, -0.25) is 4.79 Å². The molecule has 7 nitrogen and oxygen atoms in total. The van der Waals surface area contributed by atoms with Gasteiger partial charge in [0.25, 0.3) is 0 Å². The maximum absolute atomic E-state index is 11.1. The highest BCUT2D eigenvalue weighted by molar-refractivity contribution is 5.70. The number of aromatic nitrogens is 4. The van der Waals surface area contributed by atoms with E-state index in [1.54, 1.807) is 4.68 Å². The first kappa shape index (κ1) is 13.9. The quantitative estimate of drug-likeness (QED) is 0.754. The van der Waals surface area contributed by atoms with Gasteiger partial charge in [0.1, 0.15) is 0 Å². The standard InChI is InChI=1S/C12H21N5O2/c1-2-6-17-11(14-15-16-17)8-13-7-9-4-3-5-10(9)12(18)19/h9-10,13H,2-8H2,1H3,(H,18,19). The van der Waals surface area contributed by atoms with E-state index in [0.29, 0.717) is 6.54 Å². The number of carbonyl (C=O) groups is 1. The van der Waals surface area contributed by atoms with Gasteiger partial charge in [-0.1, -0.05) is 13.3 Å². The van der Waals surface area contributed by atoms with Gasteiger partial charge >= 0.3 is 5.97 Å². The molecule has 1 aliphatic rings. The van der Waals surface area contributed by atoms with Gasteiger partial charge in [0.05, 0.1) is 12.5 Å². The van der Waals surface area contributed by atoms with E-state index in [-0.39, 0.29) is 11.8 Å². The maximum Gasteiger partial charge on any atom is 0.306 e. The van der Waals surface area contributed by atoms with E-state index in [9.17, 15) is 4.79 Å². The summed E-state index contributed by atoms with van der Waals surface area (Å²) < 4.78 is 1.79. The van der Waals surface area contributed by atoms with E-state index in [1.807, 2.05) is 0 Å². The van der Waals surface area contributed by atoms with Crippen LogP contribution in [0, 0.1) is 11.8 Å². The molecule has 2 unspecified atom stereocenters. The summed E-state index contributed by atoms with van der Waals surface area (Å²) in [7, 11) is 0. The topological polar surface area (TPSA) is 92.9 Å². The molecule has 19 heavy (non-hydrogen) atoms. The first-order chi connectivity index (χ1) is 9.22. The van der Waals surface area contributed by atoms with Crippen molar-refractivity contribution < 1.29 is 9.90 Å². The fraction of sp³-hybridized carbons (Fsp3) is 0.833. The number of tetrazole rings is 1. The number of hydrogen-bond acceptors (Lipinski definition) is 5. The average Bonchev–Trinajstić information content (AvgIpc) is 2.99. The Labute approximate surface area is 112 Å². The Morgan fingerprint density at radius 3 is 3.11 bits per heavy atom. The van der Waals surface area contributed by atoms with Crippen molar-refractivity contribution in [2.45, 2.75) is 45.7 Å². The summed E-state index contributed by atoms with van der Waals surface area (Å²) in [6.45, 7) is 4.20. The Morgan fingerprint density at radius 1 is 1.53 bits per heavy atom. The van der Waals surface area contributed by atoms with E-state index >= 15 is 0 Å². The van der Waals surface area contributed by atoms with Gasteiger partial charge in [0.2, 0.25) is 0 Å². The van der Waals surface area contributed by atoms with Gasteiger partial charge in [-0.05, 0) is 42.2 Å². The van der Waals surface area contributed by atoms with Crippen LogP contribution < -0.4 is 5.32 Å². The zero-order valence-corrected chi connectivity index (χ0v) is 11.2. The summed E-state index contributed by atoms with van der Waals surface area (Å²) in [5, 5.41) is 24.0. The normalized spacial score (nSPS) is 22.8. The molecule has 2 rings (SSSR count). The molecule has 2 N–H and O–H groups in total. The van der Waals surface area contributed by atoms with Crippen molar-refractivity contribution in [3.63, 3.8) is 0 Å².